The lowest BCUT2D eigenvalue weighted by Crippen LogP contribution is -2.53. The second-order valence-corrected chi connectivity index (χ2v) is 10.6. The van der Waals surface area contributed by atoms with Crippen LogP contribution >= 0.6 is 15.6 Å². The minimum absolute atomic E-state index is 0.150. The summed E-state index contributed by atoms with van der Waals surface area (Å²) in [6, 6.07) is 0. The van der Waals surface area contributed by atoms with Gasteiger partial charge in [0.2, 0.25) is 0 Å². The number of aryl methyl sites for hydroxylation is 1. The van der Waals surface area contributed by atoms with Crippen LogP contribution in [-0.4, -0.2) is 89.8 Å². The van der Waals surface area contributed by atoms with Gasteiger partial charge in [0.05, 0.1) is 19.3 Å². The fourth-order valence-electron chi connectivity index (χ4n) is 3.18. The normalized spacial score (nSPS) is 35.6. The zero-order chi connectivity index (χ0) is 25.4. The number of H-pyrrole nitrogens is 1. The van der Waals surface area contributed by atoms with E-state index in [1.165, 1.54) is 13.1 Å². The van der Waals surface area contributed by atoms with E-state index in [2.05, 4.69) is 18.3 Å². The van der Waals surface area contributed by atoms with Crippen molar-refractivity contribution in [3.05, 3.63) is 32.6 Å². The number of phosphoric acid groups is 2. The van der Waals surface area contributed by atoms with E-state index < -0.39 is 83.1 Å². The van der Waals surface area contributed by atoms with E-state index in [0.29, 0.717) is 0 Å². The molecule has 0 saturated carbocycles. The molecular formula is C15H24N2O15P2. The van der Waals surface area contributed by atoms with Crippen LogP contribution in [0.5, 0.6) is 0 Å². The first-order valence-corrected chi connectivity index (χ1v) is 12.7. The molecule has 3 heterocycles. The van der Waals surface area contributed by atoms with Gasteiger partial charge in [0, 0.05) is 18.2 Å². The van der Waals surface area contributed by atoms with Crippen LogP contribution in [0.15, 0.2) is 15.8 Å². The van der Waals surface area contributed by atoms with Crippen LogP contribution in [0.3, 0.4) is 0 Å². The molecule has 2 saturated heterocycles. The number of hydrogen-bond acceptors (Lipinski definition) is 13. The van der Waals surface area contributed by atoms with Crippen molar-refractivity contribution in [2.24, 2.45) is 0 Å². The first kappa shape index (κ1) is 27.3. The van der Waals surface area contributed by atoms with Gasteiger partial charge in [-0.15, -0.1) is 0 Å². The van der Waals surface area contributed by atoms with Crippen molar-refractivity contribution in [1.29, 1.82) is 0 Å². The van der Waals surface area contributed by atoms with E-state index in [1.54, 1.807) is 0 Å². The molecule has 3 rings (SSSR count). The Bertz CT molecular complexity index is 1090. The lowest BCUT2D eigenvalue weighted by Gasteiger charge is -2.35. The standard InChI is InChI=1S/C15H24N2O15P2/c1-6-3-17(15(23)16-13(6)22)10-2-7(18)9(30-10)5-29-33(24,25)32-34(26,27)31-14-12(21)11(20)8(19)4-28-14/h3,7-12,14,18-21H,2,4-5H2,1H3,(H,24,25)(H,26,27)(H,16,22,23)/t7-,8+,9+,10+,11-,12+,14+/m0/s1. The van der Waals surface area contributed by atoms with Crippen molar-refractivity contribution in [1.82, 2.24) is 9.55 Å². The average molecular weight is 534 g/mol. The highest BCUT2D eigenvalue weighted by Gasteiger charge is 2.45. The molecule has 2 fully saturated rings. The molecule has 1 aromatic heterocycles. The van der Waals surface area contributed by atoms with Crippen LogP contribution in [0.1, 0.15) is 18.2 Å². The van der Waals surface area contributed by atoms with Crippen molar-refractivity contribution in [2.75, 3.05) is 13.2 Å². The number of aromatic nitrogens is 2. The molecule has 1 aromatic rings. The Hall–Kier alpha value is -1.30. The summed E-state index contributed by atoms with van der Waals surface area (Å²) >= 11 is 0. The topological polar surface area (TPSA) is 257 Å². The van der Waals surface area contributed by atoms with E-state index in [4.69, 9.17) is 9.47 Å². The Morgan fingerprint density at radius 2 is 1.79 bits per heavy atom. The highest BCUT2D eigenvalue weighted by Crippen LogP contribution is 2.61. The van der Waals surface area contributed by atoms with E-state index >= 15 is 0 Å². The number of aliphatic hydroxyl groups excluding tert-OH is 4. The molecule has 0 aliphatic carbocycles. The van der Waals surface area contributed by atoms with Crippen LogP contribution in [0, 0.1) is 6.92 Å². The Morgan fingerprint density at radius 1 is 1.12 bits per heavy atom. The summed E-state index contributed by atoms with van der Waals surface area (Å²) in [4.78, 5) is 45.0. The monoisotopic (exact) mass is 534 g/mol. The predicted octanol–water partition coefficient (Wildman–Crippen LogP) is -2.82. The predicted molar refractivity (Wildman–Crippen MR) is 106 cm³/mol. The zero-order valence-corrected chi connectivity index (χ0v) is 19.2. The first-order chi connectivity index (χ1) is 15.7. The molecule has 34 heavy (non-hydrogen) atoms. The SMILES string of the molecule is Cc1cn([C@H]2C[C@H](O)[C@@H](COP(=O)(O)OP(=O)(O)O[C@H]3OC[C@@H](O)[C@H](O)[C@H]3O)O2)c(=O)[nH]c1=O. The van der Waals surface area contributed by atoms with Gasteiger partial charge in [0.15, 0.2) is 6.29 Å². The van der Waals surface area contributed by atoms with Crippen LogP contribution < -0.4 is 11.2 Å². The third-order valence-corrected chi connectivity index (χ3v) is 7.56. The molecule has 0 bridgehead atoms. The number of phosphoric ester groups is 2. The molecular weight excluding hydrogens is 510 g/mol. The minimum Gasteiger partial charge on any atom is -0.390 e. The van der Waals surface area contributed by atoms with Crippen LogP contribution in [0.2, 0.25) is 0 Å². The Kier molecular flexibility index (Phi) is 8.32. The fourth-order valence-corrected chi connectivity index (χ4v) is 5.35. The van der Waals surface area contributed by atoms with Gasteiger partial charge in [0.25, 0.3) is 5.56 Å². The summed E-state index contributed by atoms with van der Waals surface area (Å²) in [7, 11) is -10.7. The number of hydrogen-bond donors (Lipinski definition) is 7. The van der Waals surface area contributed by atoms with E-state index in [1.807, 2.05) is 0 Å². The largest absolute Gasteiger partial charge is 0.483 e. The molecule has 0 radical (unpaired) electrons. The summed E-state index contributed by atoms with van der Waals surface area (Å²) < 4.78 is 48.4. The highest BCUT2D eigenvalue weighted by molar-refractivity contribution is 7.61. The van der Waals surface area contributed by atoms with Crippen LogP contribution in [0.25, 0.3) is 0 Å². The lowest BCUT2D eigenvalue weighted by molar-refractivity contribution is -0.245. The molecule has 2 unspecified atom stereocenters. The van der Waals surface area contributed by atoms with Gasteiger partial charge in [-0.3, -0.25) is 23.4 Å². The third kappa shape index (κ3) is 6.47. The zero-order valence-electron chi connectivity index (χ0n) is 17.4. The molecule has 194 valence electrons. The number of aromatic amines is 1. The molecule has 2 aliphatic heterocycles. The maximum atomic E-state index is 12.1. The quantitative estimate of drug-likeness (QED) is 0.166. The second-order valence-electron chi connectivity index (χ2n) is 7.58. The minimum atomic E-state index is -5.42. The number of ether oxygens (including phenoxy) is 2. The Morgan fingerprint density at radius 3 is 2.47 bits per heavy atom. The van der Waals surface area contributed by atoms with Gasteiger partial charge in [-0.05, 0) is 6.92 Å². The number of aliphatic hydroxyl groups is 4. The third-order valence-electron chi connectivity index (χ3n) is 4.96. The summed E-state index contributed by atoms with van der Waals surface area (Å²) in [6.07, 6.45) is -9.80. The van der Waals surface area contributed by atoms with Gasteiger partial charge >= 0.3 is 21.3 Å². The highest BCUT2D eigenvalue weighted by atomic mass is 31.3. The molecule has 17 nitrogen and oxygen atoms in total. The molecule has 2 aliphatic rings. The first-order valence-electron chi connectivity index (χ1n) is 9.70. The molecule has 7 N–H and O–H groups in total. The van der Waals surface area contributed by atoms with E-state index in [-0.39, 0.29) is 12.0 Å². The number of nitrogens with one attached hydrogen (secondary N) is 1. The molecule has 0 spiro atoms. The maximum absolute atomic E-state index is 12.1. The maximum Gasteiger partial charge on any atom is 0.483 e. The summed E-state index contributed by atoms with van der Waals surface area (Å²) in [5.41, 5.74) is -1.22. The van der Waals surface area contributed by atoms with Crippen molar-refractivity contribution >= 4 is 15.6 Å². The van der Waals surface area contributed by atoms with Gasteiger partial charge in [-0.25, -0.2) is 13.9 Å². The second kappa shape index (κ2) is 10.4. The van der Waals surface area contributed by atoms with Crippen molar-refractivity contribution < 1.29 is 62.2 Å². The summed E-state index contributed by atoms with van der Waals surface area (Å²) in [5, 5.41) is 38.8. The van der Waals surface area contributed by atoms with Crippen LogP contribution in [0.4, 0.5) is 0 Å². The van der Waals surface area contributed by atoms with Crippen molar-refractivity contribution in [3.8, 4) is 0 Å². The van der Waals surface area contributed by atoms with Gasteiger partial charge in [-0.2, -0.15) is 4.31 Å². The Balaban J connectivity index is 1.57. The van der Waals surface area contributed by atoms with E-state index in [0.717, 1.165) is 4.57 Å². The van der Waals surface area contributed by atoms with Gasteiger partial charge in [-0.1, -0.05) is 0 Å². The lowest BCUT2D eigenvalue weighted by atomic mass is 10.1. The van der Waals surface area contributed by atoms with Crippen molar-refractivity contribution in [3.63, 3.8) is 0 Å². The van der Waals surface area contributed by atoms with Crippen LogP contribution in [-0.2, 0) is 32.0 Å². The van der Waals surface area contributed by atoms with Crippen molar-refractivity contribution in [2.45, 2.75) is 56.4 Å². The number of nitrogens with zero attached hydrogens (tertiary/aromatic N) is 1. The molecule has 0 amide bonds. The van der Waals surface area contributed by atoms with Gasteiger partial charge < -0.3 is 39.7 Å². The molecule has 9 atom stereocenters. The average Bonchev–Trinajstić information content (AvgIpc) is 3.09. The Labute approximate surface area is 190 Å². The summed E-state index contributed by atoms with van der Waals surface area (Å²) in [5.74, 6) is 0. The van der Waals surface area contributed by atoms with Gasteiger partial charge in [0.1, 0.15) is 30.6 Å². The van der Waals surface area contributed by atoms with E-state index in [9.17, 15) is 48.9 Å². The summed E-state index contributed by atoms with van der Waals surface area (Å²) in [6.45, 7) is 0.0394. The smallest absolute Gasteiger partial charge is 0.390 e. The molecule has 19 heteroatoms. The molecule has 0 aromatic carbocycles. The number of rotatable bonds is 8. The fraction of sp³-hybridized carbons (Fsp3) is 0.733.